The van der Waals surface area contributed by atoms with Gasteiger partial charge >= 0.3 is 5.97 Å². The molecule has 0 radical (unpaired) electrons. The van der Waals surface area contributed by atoms with Crippen molar-refractivity contribution in [1.29, 1.82) is 0 Å². The van der Waals surface area contributed by atoms with Crippen LogP contribution in [0.4, 0.5) is 0 Å². The quantitative estimate of drug-likeness (QED) is 0.183. The van der Waals surface area contributed by atoms with Gasteiger partial charge in [0, 0.05) is 38.1 Å². The Morgan fingerprint density at radius 3 is 2.36 bits per heavy atom. The van der Waals surface area contributed by atoms with E-state index in [0.717, 1.165) is 18.1 Å². The van der Waals surface area contributed by atoms with Gasteiger partial charge in [0.2, 0.25) is 11.8 Å². The summed E-state index contributed by atoms with van der Waals surface area (Å²) in [6.07, 6.45) is 3.55. The Morgan fingerprint density at radius 2 is 1.80 bits per heavy atom. The molecule has 0 aliphatic carbocycles. The van der Waals surface area contributed by atoms with Crippen molar-refractivity contribution in [1.82, 2.24) is 25.8 Å². The predicted octanol–water partition coefficient (Wildman–Crippen LogP) is 3.44. The van der Waals surface area contributed by atoms with E-state index in [1.165, 1.54) is 17.4 Å². The Kier molecular flexibility index (Phi) is 15.2. The number of carboxylic acids is 1. The second-order valence-electron chi connectivity index (χ2n) is 11.2. The molecule has 0 fully saturated rings. The molecule has 242 valence electrons. The highest BCUT2D eigenvalue weighted by molar-refractivity contribution is 7.09. The summed E-state index contributed by atoms with van der Waals surface area (Å²) < 4.78 is 5.81. The van der Waals surface area contributed by atoms with Crippen LogP contribution in [0.5, 0.6) is 0 Å². The second-order valence-corrected chi connectivity index (χ2v) is 12.1. The van der Waals surface area contributed by atoms with E-state index in [-0.39, 0.29) is 41.9 Å². The highest BCUT2D eigenvalue weighted by Gasteiger charge is 2.34. The Hall–Kier alpha value is -3.61. The van der Waals surface area contributed by atoms with Crippen molar-refractivity contribution in [2.24, 2.45) is 11.8 Å². The number of aliphatic carboxylic acids is 1. The fourth-order valence-electron chi connectivity index (χ4n) is 4.86. The fraction of sp³-hybridized carbons (Fsp3) is 0.531. The zero-order valence-corrected chi connectivity index (χ0v) is 27.5. The molecular formula is C32H47N5O6S. The van der Waals surface area contributed by atoms with E-state index in [1.807, 2.05) is 58.0 Å². The maximum absolute atomic E-state index is 13.7. The van der Waals surface area contributed by atoms with Crippen LogP contribution in [0.3, 0.4) is 0 Å². The van der Waals surface area contributed by atoms with Crippen molar-refractivity contribution in [2.45, 2.75) is 71.2 Å². The summed E-state index contributed by atoms with van der Waals surface area (Å²) in [5, 5.41) is 19.9. The van der Waals surface area contributed by atoms with Crippen LogP contribution in [0.2, 0.25) is 0 Å². The molecule has 0 aliphatic heterocycles. The van der Waals surface area contributed by atoms with Gasteiger partial charge in [-0.2, -0.15) is 0 Å². The summed E-state index contributed by atoms with van der Waals surface area (Å²) in [6, 6.07) is 8.01. The number of thiazole rings is 1. The third-order valence-electron chi connectivity index (χ3n) is 7.60. The first-order chi connectivity index (χ1) is 20.9. The predicted molar refractivity (Wildman–Crippen MR) is 171 cm³/mol. The van der Waals surface area contributed by atoms with Crippen LogP contribution < -0.4 is 16.0 Å². The molecule has 3 amide bonds. The largest absolute Gasteiger partial charge is 0.478 e. The lowest BCUT2D eigenvalue weighted by Gasteiger charge is -2.37. The highest BCUT2D eigenvalue weighted by Crippen LogP contribution is 2.30. The molecule has 12 heteroatoms. The third-order valence-corrected chi connectivity index (χ3v) is 8.54. The SMILES string of the molecule is CCC(C)[C@H](NC(=O)CNC)C(=O)N(C)[C@H](CC(OC)c1nc(C(=O)N[C@H](/C=C/C(=O)O)Cc2ccccc2)cs1)C(C)C. The molecule has 0 saturated heterocycles. The molecule has 1 aromatic heterocycles. The van der Waals surface area contributed by atoms with E-state index in [9.17, 15) is 19.2 Å². The molecule has 0 bridgehead atoms. The number of ether oxygens (including phenoxy) is 1. The number of hydrogen-bond donors (Lipinski definition) is 4. The van der Waals surface area contributed by atoms with Gasteiger partial charge < -0.3 is 30.7 Å². The zero-order chi connectivity index (χ0) is 32.8. The van der Waals surface area contributed by atoms with E-state index in [4.69, 9.17) is 9.84 Å². The van der Waals surface area contributed by atoms with Gasteiger partial charge in [-0.25, -0.2) is 9.78 Å². The van der Waals surface area contributed by atoms with Crippen LogP contribution in [0.25, 0.3) is 0 Å². The summed E-state index contributed by atoms with van der Waals surface area (Å²) in [5.41, 5.74) is 1.14. The fourth-order valence-corrected chi connectivity index (χ4v) is 5.75. The molecule has 2 aromatic rings. The molecule has 4 N–H and O–H groups in total. The summed E-state index contributed by atoms with van der Waals surface area (Å²) in [6.45, 7) is 8.10. The number of carboxylic acid groups (broad SMARTS) is 1. The molecule has 0 saturated carbocycles. The lowest BCUT2D eigenvalue weighted by atomic mass is 9.93. The number of methoxy groups -OCH3 is 1. The summed E-state index contributed by atoms with van der Waals surface area (Å²) in [5.74, 6) is -1.94. The summed E-state index contributed by atoms with van der Waals surface area (Å²) in [7, 11) is 4.99. The van der Waals surface area contributed by atoms with Crippen LogP contribution >= 0.6 is 11.3 Å². The van der Waals surface area contributed by atoms with Crippen molar-refractivity contribution >= 4 is 35.0 Å². The number of hydrogen-bond acceptors (Lipinski definition) is 8. The van der Waals surface area contributed by atoms with E-state index in [2.05, 4.69) is 20.9 Å². The monoisotopic (exact) mass is 629 g/mol. The van der Waals surface area contributed by atoms with Gasteiger partial charge in [0.25, 0.3) is 5.91 Å². The maximum Gasteiger partial charge on any atom is 0.328 e. The lowest BCUT2D eigenvalue weighted by molar-refractivity contribution is -0.140. The van der Waals surface area contributed by atoms with E-state index in [0.29, 0.717) is 17.8 Å². The number of benzene rings is 1. The maximum atomic E-state index is 13.7. The van der Waals surface area contributed by atoms with Crippen LogP contribution in [0.1, 0.15) is 67.7 Å². The average Bonchev–Trinajstić information content (AvgIpc) is 3.49. The molecule has 1 heterocycles. The number of nitrogens with one attached hydrogen (secondary N) is 3. The Morgan fingerprint density at radius 1 is 1.11 bits per heavy atom. The number of carbonyl (C=O) groups is 4. The number of aromatic nitrogens is 1. The zero-order valence-electron chi connectivity index (χ0n) is 26.7. The van der Waals surface area contributed by atoms with Crippen LogP contribution in [0.15, 0.2) is 47.9 Å². The summed E-state index contributed by atoms with van der Waals surface area (Å²) in [4.78, 5) is 56.6. The van der Waals surface area contributed by atoms with Gasteiger partial charge in [-0.05, 0) is 30.9 Å². The second kappa shape index (κ2) is 18.3. The van der Waals surface area contributed by atoms with Gasteiger partial charge in [0.1, 0.15) is 22.8 Å². The number of carbonyl (C=O) groups excluding carboxylic acids is 3. The molecule has 2 rings (SSSR count). The number of likely N-dealkylation sites (N-methyl/N-ethyl adjacent to an activating group) is 2. The average molecular weight is 630 g/mol. The summed E-state index contributed by atoms with van der Waals surface area (Å²) >= 11 is 1.29. The van der Waals surface area contributed by atoms with Crippen LogP contribution in [0, 0.1) is 11.8 Å². The lowest BCUT2D eigenvalue weighted by Crippen LogP contribution is -2.55. The minimum absolute atomic E-state index is 0.0621. The first-order valence-electron chi connectivity index (χ1n) is 14.9. The minimum Gasteiger partial charge on any atom is -0.478 e. The smallest absolute Gasteiger partial charge is 0.328 e. The molecule has 2 unspecified atom stereocenters. The van der Waals surface area contributed by atoms with Crippen molar-refractivity contribution in [2.75, 3.05) is 27.7 Å². The van der Waals surface area contributed by atoms with Crippen LogP contribution in [-0.2, 0) is 25.5 Å². The van der Waals surface area contributed by atoms with Gasteiger partial charge in [0.05, 0.1) is 12.6 Å². The molecule has 5 atom stereocenters. The Labute approximate surface area is 264 Å². The standard InChI is InChI=1S/C32H47N5O6S/c1-8-21(4)29(36-27(38)18-33-5)32(42)37(6)25(20(2)3)17-26(43-7)31-35-24(19-44-31)30(41)34-23(14-15-28(39)40)16-22-12-10-9-11-13-22/h9-15,19-21,23,25-26,29,33H,8,16-18H2,1-7H3,(H,34,41)(H,36,38)(H,39,40)/b15-14+/t21?,23-,25-,26?,29+/m1/s1. The van der Waals surface area contributed by atoms with Crippen molar-refractivity contribution in [3.8, 4) is 0 Å². The minimum atomic E-state index is -1.10. The Balaban J connectivity index is 2.21. The molecule has 1 aromatic carbocycles. The van der Waals surface area contributed by atoms with Crippen molar-refractivity contribution in [3.63, 3.8) is 0 Å². The highest BCUT2D eigenvalue weighted by atomic mass is 32.1. The van der Waals surface area contributed by atoms with E-state index >= 15 is 0 Å². The number of amides is 3. The molecule has 44 heavy (non-hydrogen) atoms. The number of nitrogens with zero attached hydrogens (tertiary/aromatic N) is 2. The van der Waals surface area contributed by atoms with Gasteiger partial charge in [-0.3, -0.25) is 14.4 Å². The Bertz CT molecular complexity index is 1250. The first-order valence-corrected chi connectivity index (χ1v) is 15.7. The first kappa shape index (κ1) is 36.6. The topological polar surface area (TPSA) is 150 Å². The van der Waals surface area contributed by atoms with Gasteiger partial charge in [-0.1, -0.05) is 70.5 Å². The van der Waals surface area contributed by atoms with E-state index in [1.54, 1.807) is 31.5 Å². The molecule has 11 nitrogen and oxygen atoms in total. The molecule has 0 aliphatic rings. The van der Waals surface area contributed by atoms with Crippen molar-refractivity contribution < 1.29 is 29.0 Å². The molecule has 0 spiro atoms. The van der Waals surface area contributed by atoms with Gasteiger partial charge in [-0.15, -0.1) is 11.3 Å². The van der Waals surface area contributed by atoms with E-state index < -0.39 is 30.1 Å². The molecular weight excluding hydrogens is 582 g/mol. The third kappa shape index (κ3) is 11.1. The number of rotatable bonds is 18. The normalized spacial score (nSPS) is 14.9. The van der Waals surface area contributed by atoms with Crippen LogP contribution in [-0.4, -0.2) is 84.6 Å². The van der Waals surface area contributed by atoms with Gasteiger partial charge in [0.15, 0.2) is 0 Å². The van der Waals surface area contributed by atoms with Crippen molar-refractivity contribution in [3.05, 3.63) is 64.1 Å².